The van der Waals surface area contributed by atoms with Crippen molar-refractivity contribution in [2.75, 3.05) is 25.1 Å². The lowest BCUT2D eigenvalue weighted by Gasteiger charge is -2.30. The molecule has 1 aliphatic heterocycles. The molecule has 262 valence electrons. The van der Waals surface area contributed by atoms with Crippen LogP contribution in [0.3, 0.4) is 0 Å². The predicted octanol–water partition coefficient (Wildman–Crippen LogP) is 4.18. The lowest BCUT2D eigenvalue weighted by atomic mass is 9.91. The van der Waals surface area contributed by atoms with E-state index in [1.165, 1.54) is 31.0 Å². The third-order valence-electron chi connectivity index (χ3n) is 8.17. The zero-order chi connectivity index (χ0) is 36.3. The van der Waals surface area contributed by atoms with Crippen LogP contribution in [0.25, 0.3) is 0 Å². The van der Waals surface area contributed by atoms with Crippen molar-refractivity contribution in [1.29, 1.82) is 0 Å². The number of ether oxygens (including phenoxy) is 2. The van der Waals surface area contributed by atoms with Crippen molar-refractivity contribution < 1.29 is 38.1 Å². The maximum Gasteiger partial charge on any atom is 0.410 e. The van der Waals surface area contributed by atoms with Gasteiger partial charge >= 0.3 is 12.1 Å². The molecule has 4 rings (SSSR count). The summed E-state index contributed by atoms with van der Waals surface area (Å²) in [6.07, 6.45) is -0.455. The van der Waals surface area contributed by atoms with Crippen LogP contribution in [0.5, 0.6) is 5.75 Å². The Labute approximate surface area is 284 Å². The lowest BCUT2D eigenvalue weighted by molar-refractivity contribution is -0.139. The lowest BCUT2D eigenvalue weighted by Crippen LogP contribution is -2.55. The number of carbonyl (C=O) groups is 4. The van der Waals surface area contributed by atoms with Crippen LogP contribution in [-0.4, -0.2) is 76.8 Å². The summed E-state index contributed by atoms with van der Waals surface area (Å²) < 4.78 is 24.2. The van der Waals surface area contributed by atoms with Crippen molar-refractivity contribution in [2.24, 2.45) is 0 Å². The van der Waals surface area contributed by atoms with E-state index < -0.39 is 59.4 Å². The number of fused-ring (bicyclic) bond motifs is 1. The minimum atomic E-state index is -1.13. The van der Waals surface area contributed by atoms with E-state index in [2.05, 4.69) is 10.3 Å². The standard InChI is InChI=1S/C36H43FN4O8/c1-21(40(7)34(47)49-35(2,3)4)31(44)38-27(17-23-10-14-26(15-11-23)48-19-29(42)43)33(46)41-20-36(5,6)30-28(41)18-24(32(45)39-30)16-22-8-12-25(37)13-9-22/h8-15,18,21,27H,16-17,19-20H2,1-7H3,(H,38,44)(H,39,45)(H,42,43)/t21-,27-/m0/s1. The number of aromatic nitrogens is 1. The highest BCUT2D eigenvalue weighted by molar-refractivity contribution is 6.02. The highest BCUT2D eigenvalue weighted by Crippen LogP contribution is 2.39. The third-order valence-corrected chi connectivity index (χ3v) is 8.17. The Kier molecular flexibility index (Phi) is 10.8. The first-order valence-corrected chi connectivity index (χ1v) is 15.9. The molecule has 0 fully saturated rings. The fourth-order valence-corrected chi connectivity index (χ4v) is 5.45. The number of carboxylic acid groups (broad SMARTS) is 1. The molecule has 49 heavy (non-hydrogen) atoms. The van der Waals surface area contributed by atoms with Crippen LogP contribution in [-0.2, 0) is 37.4 Å². The smallest absolute Gasteiger partial charge is 0.410 e. The molecule has 3 N–H and O–H groups in total. The zero-order valence-corrected chi connectivity index (χ0v) is 28.8. The second kappa shape index (κ2) is 14.5. The van der Waals surface area contributed by atoms with Crippen LogP contribution in [0.1, 0.15) is 63.9 Å². The number of carbonyl (C=O) groups excluding carboxylic acids is 3. The van der Waals surface area contributed by atoms with Crippen molar-refractivity contribution in [2.45, 2.75) is 77.5 Å². The predicted molar refractivity (Wildman–Crippen MR) is 180 cm³/mol. The van der Waals surface area contributed by atoms with E-state index in [-0.39, 0.29) is 24.9 Å². The first kappa shape index (κ1) is 36.6. The molecule has 12 nitrogen and oxygen atoms in total. The van der Waals surface area contributed by atoms with Gasteiger partial charge in [0.15, 0.2) is 6.61 Å². The molecule has 0 radical (unpaired) electrons. The Morgan fingerprint density at radius 2 is 1.67 bits per heavy atom. The summed E-state index contributed by atoms with van der Waals surface area (Å²) in [6.45, 7) is 10.1. The minimum Gasteiger partial charge on any atom is -0.482 e. The van der Waals surface area contributed by atoms with Gasteiger partial charge in [0.2, 0.25) is 11.8 Å². The summed E-state index contributed by atoms with van der Waals surface area (Å²) in [5.74, 6) is -2.24. The zero-order valence-electron chi connectivity index (χ0n) is 28.8. The Bertz CT molecular complexity index is 1760. The SMILES string of the molecule is C[C@@H](C(=O)N[C@@H](Cc1ccc(OCC(=O)O)cc1)C(=O)N1CC(C)(C)c2[nH]c(=O)c(Cc3ccc(F)cc3)cc21)N(C)C(=O)OC(C)(C)C. The number of carboxylic acids is 1. The molecule has 0 aliphatic carbocycles. The fraction of sp³-hybridized carbons (Fsp3) is 0.417. The number of likely N-dealkylation sites (N-methyl/N-ethyl adjacent to an activating group) is 1. The van der Waals surface area contributed by atoms with Gasteiger partial charge in [0, 0.05) is 43.1 Å². The van der Waals surface area contributed by atoms with E-state index in [4.69, 9.17) is 14.6 Å². The Morgan fingerprint density at radius 1 is 1.06 bits per heavy atom. The molecule has 0 spiro atoms. The summed E-state index contributed by atoms with van der Waals surface area (Å²) in [5, 5.41) is 11.7. The van der Waals surface area contributed by atoms with Gasteiger partial charge in [-0.3, -0.25) is 19.3 Å². The minimum absolute atomic E-state index is 0.0463. The van der Waals surface area contributed by atoms with Gasteiger partial charge in [0.1, 0.15) is 29.3 Å². The summed E-state index contributed by atoms with van der Waals surface area (Å²) in [7, 11) is 1.43. The maximum absolute atomic E-state index is 14.5. The molecule has 0 saturated carbocycles. The first-order chi connectivity index (χ1) is 22.8. The van der Waals surface area contributed by atoms with Crippen LogP contribution < -0.4 is 20.5 Å². The monoisotopic (exact) mass is 678 g/mol. The van der Waals surface area contributed by atoms with Crippen molar-refractivity contribution in [3.8, 4) is 5.75 Å². The number of rotatable bonds is 11. The molecule has 3 aromatic rings. The number of halogens is 1. The van der Waals surface area contributed by atoms with Gasteiger partial charge in [0.05, 0.1) is 5.69 Å². The average Bonchev–Trinajstić information content (AvgIpc) is 3.28. The van der Waals surface area contributed by atoms with Crippen LogP contribution in [0.4, 0.5) is 14.9 Å². The number of benzene rings is 2. The number of pyridine rings is 1. The summed E-state index contributed by atoms with van der Waals surface area (Å²) in [4.78, 5) is 70.5. The number of aromatic amines is 1. The van der Waals surface area contributed by atoms with E-state index in [0.29, 0.717) is 33.8 Å². The van der Waals surface area contributed by atoms with Gasteiger partial charge in [-0.1, -0.05) is 38.1 Å². The fourth-order valence-electron chi connectivity index (χ4n) is 5.45. The molecule has 2 atom stereocenters. The van der Waals surface area contributed by atoms with Crippen molar-refractivity contribution in [3.63, 3.8) is 0 Å². The number of hydrogen-bond acceptors (Lipinski definition) is 7. The van der Waals surface area contributed by atoms with Gasteiger partial charge in [-0.15, -0.1) is 0 Å². The number of nitrogens with one attached hydrogen (secondary N) is 2. The van der Waals surface area contributed by atoms with Crippen molar-refractivity contribution in [1.82, 2.24) is 15.2 Å². The largest absolute Gasteiger partial charge is 0.482 e. The van der Waals surface area contributed by atoms with E-state index in [1.807, 2.05) is 13.8 Å². The molecule has 1 aromatic heterocycles. The van der Waals surface area contributed by atoms with Gasteiger partial charge in [-0.25, -0.2) is 14.0 Å². The Balaban J connectivity index is 1.66. The van der Waals surface area contributed by atoms with E-state index >= 15 is 0 Å². The quantitative estimate of drug-likeness (QED) is 0.273. The van der Waals surface area contributed by atoms with Gasteiger partial charge in [-0.2, -0.15) is 0 Å². The molecular weight excluding hydrogens is 635 g/mol. The van der Waals surface area contributed by atoms with Gasteiger partial charge in [0.25, 0.3) is 5.56 Å². The molecule has 0 unspecified atom stereocenters. The second-order valence-electron chi connectivity index (χ2n) is 13.9. The average molecular weight is 679 g/mol. The highest BCUT2D eigenvalue weighted by Gasteiger charge is 2.42. The Morgan fingerprint density at radius 3 is 2.27 bits per heavy atom. The molecule has 13 heteroatoms. The number of amides is 3. The van der Waals surface area contributed by atoms with E-state index in [0.717, 1.165) is 4.90 Å². The highest BCUT2D eigenvalue weighted by atomic mass is 19.1. The number of nitrogens with zero attached hydrogens (tertiary/aromatic N) is 2. The summed E-state index contributed by atoms with van der Waals surface area (Å²) >= 11 is 0. The number of anilines is 1. The molecule has 1 aliphatic rings. The van der Waals surface area contributed by atoms with E-state index in [1.54, 1.807) is 63.2 Å². The molecule has 2 aromatic carbocycles. The van der Waals surface area contributed by atoms with Crippen LogP contribution in [0.2, 0.25) is 0 Å². The summed E-state index contributed by atoms with van der Waals surface area (Å²) in [5.41, 5.74) is 1.05. The second-order valence-corrected chi connectivity index (χ2v) is 13.9. The first-order valence-electron chi connectivity index (χ1n) is 15.9. The molecule has 3 amide bonds. The van der Waals surface area contributed by atoms with Gasteiger partial charge < -0.3 is 29.8 Å². The number of H-pyrrole nitrogens is 1. The van der Waals surface area contributed by atoms with Crippen LogP contribution >= 0.6 is 0 Å². The van der Waals surface area contributed by atoms with Crippen molar-refractivity contribution >= 4 is 29.6 Å². The third kappa shape index (κ3) is 9.24. The molecule has 2 heterocycles. The molecular formula is C36H43FN4O8. The van der Waals surface area contributed by atoms with E-state index in [9.17, 15) is 28.4 Å². The number of aliphatic carboxylic acids is 1. The topological polar surface area (TPSA) is 158 Å². The van der Waals surface area contributed by atoms with Crippen molar-refractivity contribution in [3.05, 3.63) is 93.2 Å². The molecule has 0 saturated heterocycles. The Hall–Kier alpha value is -5.20. The number of hydrogen-bond donors (Lipinski definition) is 3. The van der Waals surface area contributed by atoms with Crippen LogP contribution in [0.15, 0.2) is 59.4 Å². The van der Waals surface area contributed by atoms with Crippen LogP contribution in [0, 0.1) is 5.82 Å². The normalized spacial score (nSPS) is 14.7. The maximum atomic E-state index is 14.5. The summed E-state index contributed by atoms with van der Waals surface area (Å²) in [6, 6.07) is 11.8. The molecule has 0 bridgehead atoms. The van der Waals surface area contributed by atoms with Gasteiger partial charge in [-0.05, 0) is 69.2 Å².